The van der Waals surface area contributed by atoms with Crippen LogP contribution in [0, 0.1) is 19.8 Å². The van der Waals surface area contributed by atoms with Crippen molar-refractivity contribution in [2.75, 3.05) is 26.2 Å². The fourth-order valence-electron chi connectivity index (χ4n) is 3.36. The molecule has 2 N–H and O–H groups in total. The number of carboxylic acids is 1. The maximum absolute atomic E-state index is 12.8. The monoisotopic (exact) mass is 376 g/mol. The van der Waals surface area contributed by atoms with Crippen LogP contribution in [-0.4, -0.2) is 54.0 Å². The van der Waals surface area contributed by atoms with Crippen molar-refractivity contribution in [1.29, 1.82) is 0 Å². The number of rotatable bonds is 7. The lowest BCUT2D eigenvalue weighted by Crippen LogP contribution is -2.43. The van der Waals surface area contributed by atoms with Gasteiger partial charge in [-0.1, -0.05) is 6.92 Å². The predicted molar refractivity (Wildman–Crippen MR) is 101 cm³/mol. The van der Waals surface area contributed by atoms with Crippen LogP contribution in [0.3, 0.4) is 0 Å². The first-order chi connectivity index (χ1) is 12.8. The molecule has 2 amide bonds. The number of benzene rings is 1. The lowest BCUT2D eigenvalue weighted by atomic mass is 9.95. The van der Waals surface area contributed by atoms with E-state index in [1.54, 1.807) is 30.9 Å². The van der Waals surface area contributed by atoms with Crippen LogP contribution in [0.25, 0.3) is 0 Å². The van der Waals surface area contributed by atoms with Gasteiger partial charge in [0.15, 0.2) is 6.61 Å². The highest BCUT2D eigenvalue weighted by atomic mass is 16.5. The lowest BCUT2D eigenvalue weighted by molar-refractivity contribution is -0.139. The van der Waals surface area contributed by atoms with Gasteiger partial charge in [0.25, 0.3) is 5.91 Å². The Labute approximate surface area is 159 Å². The van der Waals surface area contributed by atoms with Gasteiger partial charge in [-0.3, -0.25) is 9.59 Å². The maximum atomic E-state index is 12.8. The van der Waals surface area contributed by atoms with E-state index < -0.39 is 12.6 Å². The van der Waals surface area contributed by atoms with E-state index in [-0.39, 0.29) is 17.7 Å². The molecule has 1 saturated heterocycles. The Morgan fingerprint density at radius 1 is 1.19 bits per heavy atom. The Morgan fingerprint density at radius 3 is 2.30 bits per heavy atom. The van der Waals surface area contributed by atoms with Crippen LogP contribution in [0.5, 0.6) is 5.75 Å². The average Bonchev–Trinajstić information content (AvgIpc) is 2.64. The van der Waals surface area contributed by atoms with E-state index in [1.807, 2.05) is 6.92 Å². The van der Waals surface area contributed by atoms with Crippen molar-refractivity contribution in [3.63, 3.8) is 0 Å². The number of nitrogens with zero attached hydrogens (tertiary/aromatic N) is 1. The molecule has 148 valence electrons. The number of aliphatic carboxylic acids is 1. The van der Waals surface area contributed by atoms with Gasteiger partial charge in [-0.25, -0.2) is 4.79 Å². The number of hydrogen-bond donors (Lipinski definition) is 2. The first kappa shape index (κ1) is 20.7. The summed E-state index contributed by atoms with van der Waals surface area (Å²) in [7, 11) is 0. The van der Waals surface area contributed by atoms with Crippen LogP contribution in [0.1, 0.15) is 47.7 Å². The van der Waals surface area contributed by atoms with Gasteiger partial charge in [-0.2, -0.15) is 0 Å². The maximum Gasteiger partial charge on any atom is 0.341 e. The summed E-state index contributed by atoms with van der Waals surface area (Å²) in [6.07, 6.45) is 2.24. The number of nitrogens with one attached hydrogen (secondary N) is 1. The number of hydrogen-bond acceptors (Lipinski definition) is 4. The molecule has 0 saturated carbocycles. The fraction of sp³-hybridized carbons (Fsp3) is 0.550. The van der Waals surface area contributed by atoms with Gasteiger partial charge in [0.2, 0.25) is 5.91 Å². The van der Waals surface area contributed by atoms with Gasteiger partial charge in [0.1, 0.15) is 5.75 Å². The molecule has 0 unspecified atom stereocenters. The third kappa shape index (κ3) is 5.45. The third-order valence-electron chi connectivity index (χ3n) is 4.75. The summed E-state index contributed by atoms with van der Waals surface area (Å²) in [4.78, 5) is 37.4. The molecule has 0 aliphatic carbocycles. The van der Waals surface area contributed by atoms with Crippen LogP contribution in [0.2, 0.25) is 0 Å². The van der Waals surface area contributed by atoms with Crippen LogP contribution in [0.15, 0.2) is 12.1 Å². The van der Waals surface area contributed by atoms with Crippen molar-refractivity contribution in [3.8, 4) is 5.75 Å². The lowest BCUT2D eigenvalue weighted by Gasteiger charge is -2.31. The van der Waals surface area contributed by atoms with Gasteiger partial charge < -0.3 is 20.1 Å². The molecule has 0 spiro atoms. The van der Waals surface area contributed by atoms with Crippen molar-refractivity contribution >= 4 is 17.8 Å². The van der Waals surface area contributed by atoms with E-state index in [1.165, 1.54) is 0 Å². The van der Waals surface area contributed by atoms with Gasteiger partial charge in [-0.15, -0.1) is 0 Å². The van der Waals surface area contributed by atoms with Crippen molar-refractivity contribution < 1.29 is 24.2 Å². The molecule has 7 heteroatoms. The highest BCUT2D eigenvalue weighted by Gasteiger charge is 2.28. The average molecular weight is 376 g/mol. The molecule has 0 radical (unpaired) electrons. The number of amides is 2. The van der Waals surface area contributed by atoms with Gasteiger partial charge in [0.05, 0.1) is 0 Å². The van der Waals surface area contributed by atoms with E-state index in [9.17, 15) is 14.4 Å². The minimum Gasteiger partial charge on any atom is -0.481 e. The number of aryl methyl sites for hydroxylation is 2. The number of piperidine rings is 1. The summed E-state index contributed by atoms with van der Waals surface area (Å²) in [6, 6.07) is 3.46. The highest BCUT2D eigenvalue weighted by Crippen LogP contribution is 2.26. The molecule has 0 atom stereocenters. The smallest absolute Gasteiger partial charge is 0.341 e. The molecule has 1 aliphatic heterocycles. The molecule has 0 bridgehead atoms. The minimum atomic E-state index is -1.04. The zero-order valence-corrected chi connectivity index (χ0v) is 16.2. The van der Waals surface area contributed by atoms with Gasteiger partial charge >= 0.3 is 5.97 Å². The van der Waals surface area contributed by atoms with Crippen LogP contribution in [0.4, 0.5) is 0 Å². The Morgan fingerprint density at radius 2 is 1.78 bits per heavy atom. The number of likely N-dealkylation sites (tertiary alicyclic amines) is 1. The minimum absolute atomic E-state index is 0.0316. The Kier molecular flexibility index (Phi) is 7.21. The summed E-state index contributed by atoms with van der Waals surface area (Å²) in [5.41, 5.74) is 2.02. The molecule has 1 aromatic rings. The van der Waals surface area contributed by atoms with Crippen LogP contribution >= 0.6 is 0 Å². The first-order valence-electron chi connectivity index (χ1n) is 9.36. The Balaban J connectivity index is 2.00. The summed E-state index contributed by atoms with van der Waals surface area (Å²) >= 11 is 0. The molecule has 0 aromatic heterocycles. The fourth-order valence-corrected chi connectivity index (χ4v) is 3.36. The largest absolute Gasteiger partial charge is 0.481 e. The zero-order valence-electron chi connectivity index (χ0n) is 16.2. The second-order valence-electron chi connectivity index (χ2n) is 6.98. The van der Waals surface area contributed by atoms with E-state index >= 15 is 0 Å². The number of carbonyl (C=O) groups is 3. The summed E-state index contributed by atoms with van der Waals surface area (Å²) < 4.78 is 5.31. The molecule has 1 aromatic carbocycles. The second-order valence-corrected chi connectivity index (χ2v) is 6.98. The van der Waals surface area contributed by atoms with E-state index in [0.717, 1.165) is 17.5 Å². The van der Waals surface area contributed by atoms with E-state index in [4.69, 9.17) is 9.84 Å². The predicted octanol–water partition coefficient (Wildman–Crippen LogP) is 2.15. The SMILES string of the molecule is CCCNC(=O)C1CCN(C(=O)c2cc(C)c(OCC(=O)O)c(C)c2)CC1. The summed E-state index contributed by atoms with van der Waals surface area (Å²) in [5, 5.41) is 11.7. The van der Waals surface area contributed by atoms with Crippen molar-refractivity contribution in [3.05, 3.63) is 28.8 Å². The van der Waals surface area contributed by atoms with Crippen LogP contribution in [-0.2, 0) is 9.59 Å². The number of ether oxygens (including phenoxy) is 1. The molecule has 2 rings (SSSR count). The van der Waals surface area contributed by atoms with Crippen LogP contribution < -0.4 is 10.1 Å². The molecule has 7 nitrogen and oxygen atoms in total. The summed E-state index contributed by atoms with van der Waals surface area (Å²) in [5.74, 6) is -0.565. The first-order valence-corrected chi connectivity index (χ1v) is 9.36. The Hall–Kier alpha value is -2.57. The quantitative estimate of drug-likeness (QED) is 0.760. The van der Waals surface area contributed by atoms with Crippen molar-refractivity contribution in [2.24, 2.45) is 5.92 Å². The molecule has 27 heavy (non-hydrogen) atoms. The molecular weight excluding hydrogens is 348 g/mol. The Bertz CT molecular complexity index is 685. The standard InChI is InChI=1S/C20H28N2O5/c1-4-7-21-19(25)15-5-8-22(9-6-15)20(26)16-10-13(2)18(14(3)11-16)27-12-17(23)24/h10-11,15H,4-9,12H2,1-3H3,(H,21,25)(H,23,24). The molecule has 1 fully saturated rings. The number of carbonyl (C=O) groups excluding carboxylic acids is 2. The molecule has 1 aliphatic rings. The third-order valence-corrected chi connectivity index (χ3v) is 4.75. The van der Waals surface area contributed by atoms with E-state index in [0.29, 0.717) is 43.8 Å². The van der Waals surface area contributed by atoms with Crippen molar-refractivity contribution in [1.82, 2.24) is 10.2 Å². The van der Waals surface area contributed by atoms with Gasteiger partial charge in [-0.05, 0) is 56.4 Å². The van der Waals surface area contributed by atoms with Crippen molar-refractivity contribution in [2.45, 2.75) is 40.0 Å². The second kappa shape index (κ2) is 9.39. The topological polar surface area (TPSA) is 95.9 Å². The molecule has 1 heterocycles. The normalized spacial score (nSPS) is 14.7. The highest BCUT2D eigenvalue weighted by molar-refractivity contribution is 5.95. The molecular formula is C20H28N2O5. The zero-order chi connectivity index (χ0) is 20.0. The number of carboxylic acid groups (broad SMARTS) is 1. The summed E-state index contributed by atoms with van der Waals surface area (Å²) in [6.45, 7) is 6.99. The van der Waals surface area contributed by atoms with E-state index in [2.05, 4.69) is 5.32 Å². The van der Waals surface area contributed by atoms with Gasteiger partial charge in [0, 0.05) is 31.1 Å².